The van der Waals surface area contributed by atoms with Crippen LogP contribution < -0.4 is 5.32 Å². The van der Waals surface area contributed by atoms with Crippen LogP contribution in [0.3, 0.4) is 0 Å². The smallest absolute Gasteiger partial charge is 0.228 e. The molecule has 80 valence electrons. The fourth-order valence-corrected chi connectivity index (χ4v) is 3.32. The first-order valence-corrected chi connectivity index (χ1v) is 6.28. The van der Waals surface area contributed by atoms with Crippen LogP contribution in [0, 0.1) is 5.92 Å². The number of hydrogen-bond acceptors (Lipinski definition) is 3. The van der Waals surface area contributed by atoms with Gasteiger partial charge in [-0.25, -0.2) is 8.42 Å². The highest BCUT2D eigenvalue weighted by Gasteiger charge is 2.29. The summed E-state index contributed by atoms with van der Waals surface area (Å²) in [6.07, 6.45) is 0. The quantitative estimate of drug-likeness (QED) is 0.717. The van der Waals surface area contributed by atoms with Crippen molar-refractivity contribution < 1.29 is 13.2 Å². The lowest BCUT2D eigenvalue weighted by molar-refractivity contribution is -0.118. The predicted molar refractivity (Wildman–Crippen MR) is 56.3 cm³/mol. The highest BCUT2D eigenvalue weighted by Crippen LogP contribution is 2.27. The lowest BCUT2D eigenvalue weighted by atomic mass is 10.2. The molecule has 2 rings (SSSR count). The Morgan fingerprint density at radius 1 is 1.33 bits per heavy atom. The van der Waals surface area contributed by atoms with Crippen molar-refractivity contribution in [1.29, 1.82) is 0 Å². The van der Waals surface area contributed by atoms with E-state index in [2.05, 4.69) is 5.32 Å². The first-order valence-electron chi connectivity index (χ1n) is 4.63. The van der Waals surface area contributed by atoms with E-state index in [0.717, 1.165) is 0 Å². The van der Waals surface area contributed by atoms with E-state index in [1.165, 1.54) is 6.07 Å². The molecule has 1 unspecified atom stereocenters. The second-order valence-electron chi connectivity index (χ2n) is 3.67. The van der Waals surface area contributed by atoms with Crippen molar-refractivity contribution in [2.24, 2.45) is 5.92 Å². The van der Waals surface area contributed by atoms with E-state index in [9.17, 15) is 13.2 Å². The summed E-state index contributed by atoms with van der Waals surface area (Å²) in [6.45, 7) is 1.61. The number of benzene rings is 1. The number of rotatable bonds is 0. The lowest BCUT2D eigenvalue weighted by Crippen LogP contribution is -2.22. The summed E-state index contributed by atoms with van der Waals surface area (Å²) >= 11 is 0. The molecule has 1 amide bonds. The Labute approximate surface area is 88.2 Å². The van der Waals surface area contributed by atoms with Crippen LogP contribution in [0.25, 0.3) is 0 Å². The van der Waals surface area contributed by atoms with Gasteiger partial charge in [-0.15, -0.1) is 0 Å². The van der Waals surface area contributed by atoms with Gasteiger partial charge in [-0.2, -0.15) is 0 Å². The molecule has 1 aliphatic heterocycles. The van der Waals surface area contributed by atoms with E-state index in [0.29, 0.717) is 5.69 Å². The summed E-state index contributed by atoms with van der Waals surface area (Å²) in [5.74, 6) is -0.888. The molecule has 1 N–H and O–H groups in total. The molecule has 0 saturated heterocycles. The van der Waals surface area contributed by atoms with Crippen molar-refractivity contribution in [2.45, 2.75) is 11.8 Å². The summed E-state index contributed by atoms with van der Waals surface area (Å²) in [4.78, 5) is 11.7. The molecule has 1 aliphatic rings. The number of nitrogens with one attached hydrogen (secondary N) is 1. The zero-order valence-electron chi connectivity index (χ0n) is 8.23. The maximum Gasteiger partial charge on any atom is 0.228 e. The fourth-order valence-electron chi connectivity index (χ4n) is 1.59. The SMILES string of the molecule is CC1CS(=O)(=O)c2ccccc2NC1=O. The van der Waals surface area contributed by atoms with Crippen LogP contribution in [0.5, 0.6) is 0 Å². The Morgan fingerprint density at radius 3 is 2.73 bits per heavy atom. The van der Waals surface area contributed by atoms with E-state index < -0.39 is 15.8 Å². The van der Waals surface area contributed by atoms with Crippen molar-refractivity contribution in [3.8, 4) is 0 Å². The Kier molecular flexibility index (Phi) is 2.26. The highest BCUT2D eigenvalue weighted by molar-refractivity contribution is 7.91. The Hall–Kier alpha value is -1.36. The van der Waals surface area contributed by atoms with E-state index in [1.807, 2.05) is 0 Å². The minimum atomic E-state index is -3.34. The van der Waals surface area contributed by atoms with Crippen LogP contribution in [-0.2, 0) is 14.6 Å². The zero-order chi connectivity index (χ0) is 11.1. The number of fused-ring (bicyclic) bond motifs is 1. The third-order valence-electron chi connectivity index (χ3n) is 2.40. The topological polar surface area (TPSA) is 63.2 Å². The molecule has 0 aliphatic carbocycles. The monoisotopic (exact) mass is 225 g/mol. The van der Waals surface area contributed by atoms with Gasteiger partial charge in [-0.05, 0) is 12.1 Å². The molecule has 0 spiro atoms. The van der Waals surface area contributed by atoms with Gasteiger partial charge >= 0.3 is 0 Å². The predicted octanol–water partition coefficient (Wildman–Crippen LogP) is 1.05. The van der Waals surface area contributed by atoms with Crippen LogP contribution >= 0.6 is 0 Å². The van der Waals surface area contributed by atoms with Gasteiger partial charge in [0.05, 0.1) is 16.3 Å². The first-order chi connectivity index (χ1) is 7.00. The van der Waals surface area contributed by atoms with Gasteiger partial charge in [0.25, 0.3) is 0 Å². The minimum absolute atomic E-state index is 0.129. The van der Waals surface area contributed by atoms with E-state index in [1.54, 1.807) is 25.1 Å². The van der Waals surface area contributed by atoms with Crippen molar-refractivity contribution in [3.05, 3.63) is 24.3 Å². The Balaban J connectivity index is 2.63. The molecule has 15 heavy (non-hydrogen) atoms. The van der Waals surface area contributed by atoms with Gasteiger partial charge in [0.2, 0.25) is 5.91 Å². The van der Waals surface area contributed by atoms with Gasteiger partial charge in [0, 0.05) is 5.92 Å². The van der Waals surface area contributed by atoms with Crippen molar-refractivity contribution >= 4 is 21.4 Å². The third kappa shape index (κ3) is 1.74. The number of carbonyl (C=O) groups is 1. The van der Waals surface area contributed by atoms with Crippen molar-refractivity contribution in [3.63, 3.8) is 0 Å². The summed E-state index contributed by atoms with van der Waals surface area (Å²) < 4.78 is 23.7. The standard InChI is InChI=1S/C10H11NO3S/c1-7-6-15(13,14)9-5-3-2-4-8(9)11-10(7)12/h2-5,7H,6H2,1H3,(H,11,12). The number of para-hydroxylation sites is 1. The Bertz CT molecular complexity index is 507. The van der Waals surface area contributed by atoms with Gasteiger partial charge in [-0.3, -0.25) is 4.79 Å². The summed E-state index contributed by atoms with van der Waals surface area (Å²) in [7, 11) is -3.34. The summed E-state index contributed by atoms with van der Waals surface area (Å²) in [5, 5.41) is 2.61. The van der Waals surface area contributed by atoms with Gasteiger partial charge in [-0.1, -0.05) is 19.1 Å². The molecule has 4 nitrogen and oxygen atoms in total. The molecular formula is C10H11NO3S. The maximum atomic E-state index is 11.9. The normalized spacial score (nSPS) is 23.8. The number of amides is 1. The average molecular weight is 225 g/mol. The third-order valence-corrected chi connectivity index (χ3v) is 4.36. The molecule has 5 heteroatoms. The zero-order valence-corrected chi connectivity index (χ0v) is 9.04. The maximum absolute atomic E-state index is 11.9. The lowest BCUT2D eigenvalue weighted by Gasteiger charge is -2.04. The minimum Gasteiger partial charge on any atom is -0.325 e. The van der Waals surface area contributed by atoms with E-state index in [4.69, 9.17) is 0 Å². The molecule has 0 bridgehead atoms. The number of anilines is 1. The molecule has 0 fully saturated rings. The van der Waals surface area contributed by atoms with Crippen LogP contribution in [0.15, 0.2) is 29.2 Å². The average Bonchev–Trinajstić information content (AvgIpc) is 2.24. The number of hydrogen-bond donors (Lipinski definition) is 1. The molecular weight excluding hydrogens is 214 g/mol. The van der Waals surface area contributed by atoms with Gasteiger partial charge < -0.3 is 5.32 Å². The Morgan fingerprint density at radius 2 is 2.00 bits per heavy atom. The molecule has 0 saturated carbocycles. The first kappa shape index (κ1) is 10.2. The van der Waals surface area contributed by atoms with Crippen LogP contribution in [0.1, 0.15) is 6.92 Å². The highest BCUT2D eigenvalue weighted by atomic mass is 32.2. The second-order valence-corrected chi connectivity index (χ2v) is 5.67. The molecule has 1 heterocycles. The van der Waals surface area contributed by atoms with E-state index in [-0.39, 0.29) is 16.6 Å². The number of sulfone groups is 1. The van der Waals surface area contributed by atoms with Crippen molar-refractivity contribution in [1.82, 2.24) is 0 Å². The molecule has 0 radical (unpaired) electrons. The van der Waals surface area contributed by atoms with Crippen LogP contribution in [0.4, 0.5) is 5.69 Å². The largest absolute Gasteiger partial charge is 0.325 e. The molecule has 1 aromatic carbocycles. The van der Waals surface area contributed by atoms with Crippen molar-refractivity contribution in [2.75, 3.05) is 11.1 Å². The van der Waals surface area contributed by atoms with Crippen LogP contribution in [-0.4, -0.2) is 20.1 Å². The summed E-state index contributed by atoms with van der Waals surface area (Å²) in [6, 6.07) is 6.47. The van der Waals surface area contributed by atoms with E-state index >= 15 is 0 Å². The summed E-state index contributed by atoms with van der Waals surface area (Å²) in [5.41, 5.74) is 0.381. The number of carbonyl (C=O) groups excluding carboxylic acids is 1. The molecule has 1 atom stereocenters. The van der Waals surface area contributed by atoms with Crippen LogP contribution in [0.2, 0.25) is 0 Å². The second kappa shape index (κ2) is 3.34. The molecule has 1 aromatic rings. The fraction of sp³-hybridized carbons (Fsp3) is 0.300. The molecule has 0 aromatic heterocycles. The van der Waals surface area contributed by atoms with Gasteiger partial charge in [0.15, 0.2) is 9.84 Å². The van der Waals surface area contributed by atoms with Gasteiger partial charge in [0.1, 0.15) is 0 Å².